The summed E-state index contributed by atoms with van der Waals surface area (Å²) in [5.74, 6) is -0.266. The van der Waals surface area contributed by atoms with Crippen LogP contribution >= 0.6 is 0 Å². The van der Waals surface area contributed by atoms with Gasteiger partial charge in [-0.3, -0.25) is 4.79 Å². The SMILES string of the molecule is CCC(N)C(=O)NC(C)c1ccccc1OC(F)F. The van der Waals surface area contributed by atoms with Crippen molar-refractivity contribution in [2.24, 2.45) is 5.73 Å². The lowest BCUT2D eigenvalue weighted by molar-refractivity contribution is -0.123. The van der Waals surface area contributed by atoms with Gasteiger partial charge in [0.1, 0.15) is 5.75 Å². The van der Waals surface area contributed by atoms with E-state index in [0.29, 0.717) is 12.0 Å². The molecule has 1 rings (SSSR count). The second kappa shape index (κ2) is 7.04. The lowest BCUT2D eigenvalue weighted by Crippen LogP contribution is -2.41. The van der Waals surface area contributed by atoms with Crippen molar-refractivity contribution in [1.82, 2.24) is 5.32 Å². The summed E-state index contributed by atoms with van der Waals surface area (Å²) in [6.45, 7) is 0.582. The number of carbonyl (C=O) groups is 1. The van der Waals surface area contributed by atoms with Gasteiger partial charge in [-0.1, -0.05) is 25.1 Å². The van der Waals surface area contributed by atoms with Gasteiger partial charge in [0.15, 0.2) is 0 Å². The number of alkyl halides is 2. The lowest BCUT2D eigenvalue weighted by Gasteiger charge is -2.19. The summed E-state index contributed by atoms with van der Waals surface area (Å²) in [4.78, 5) is 11.7. The molecule has 1 aromatic carbocycles. The van der Waals surface area contributed by atoms with E-state index >= 15 is 0 Å². The van der Waals surface area contributed by atoms with E-state index in [1.165, 1.54) is 6.07 Å². The Bertz CT molecular complexity index is 427. The maximum Gasteiger partial charge on any atom is 0.387 e. The quantitative estimate of drug-likeness (QED) is 0.834. The zero-order valence-electron chi connectivity index (χ0n) is 10.9. The monoisotopic (exact) mass is 272 g/mol. The van der Waals surface area contributed by atoms with Crippen LogP contribution < -0.4 is 15.8 Å². The van der Waals surface area contributed by atoms with Crippen molar-refractivity contribution < 1.29 is 18.3 Å². The summed E-state index contributed by atoms with van der Waals surface area (Å²) in [6, 6.07) is 5.28. The molecule has 0 spiro atoms. The molecule has 0 fully saturated rings. The molecule has 0 aromatic heterocycles. The van der Waals surface area contributed by atoms with Crippen LogP contribution in [0.5, 0.6) is 5.75 Å². The molecular formula is C13H18F2N2O2. The molecule has 0 bridgehead atoms. The van der Waals surface area contributed by atoms with E-state index in [0.717, 1.165) is 0 Å². The maximum absolute atomic E-state index is 12.3. The number of rotatable bonds is 6. The summed E-state index contributed by atoms with van der Waals surface area (Å²) < 4.78 is 29.0. The van der Waals surface area contributed by atoms with E-state index in [1.807, 2.05) is 0 Å². The Kier molecular flexibility index (Phi) is 5.69. The Morgan fingerprint density at radius 1 is 1.42 bits per heavy atom. The number of nitrogens with two attached hydrogens (primary N) is 1. The minimum atomic E-state index is -2.90. The molecule has 3 N–H and O–H groups in total. The second-order valence-corrected chi connectivity index (χ2v) is 4.16. The Morgan fingerprint density at radius 3 is 2.63 bits per heavy atom. The first-order chi connectivity index (χ1) is 8.95. The third-order valence-electron chi connectivity index (χ3n) is 2.74. The first-order valence-corrected chi connectivity index (χ1v) is 6.05. The van der Waals surface area contributed by atoms with Crippen molar-refractivity contribution in [2.45, 2.75) is 39.0 Å². The average molecular weight is 272 g/mol. The predicted molar refractivity (Wildman–Crippen MR) is 67.9 cm³/mol. The first-order valence-electron chi connectivity index (χ1n) is 6.05. The Hall–Kier alpha value is -1.69. The van der Waals surface area contributed by atoms with Crippen molar-refractivity contribution >= 4 is 5.91 Å². The minimum Gasteiger partial charge on any atom is -0.434 e. The van der Waals surface area contributed by atoms with Crippen LogP contribution in [0.15, 0.2) is 24.3 Å². The fraction of sp³-hybridized carbons (Fsp3) is 0.462. The molecule has 1 aromatic rings. The summed E-state index contributed by atoms with van der Waals surface area (Å²) in [6.07, 6.45) is 0.508. The molecule has 0 aliphatic rings. The molecule has 0 aliphatic heterocycles. The Balaban J connectivity index is 2.81. The number of carbonyl (C=O) groups excluding carboxylic acids is 1. The molecule has 0 heterocycles. The number of nitrogens with one attached hydrogen (secondary N) is 1. The topological polar surface area (TPSA) is 64.4 Å². The highest BCUT2D eigenvalue weighted by molar-refractivity contribution is 5.81. The number of hydrogen-bond acceptors (Lipinski definition) is 3. The zero-order chi connectivity index (χ0) is 14.4. The average Bonchev–Trinajstić information content (AvgIpc) is 2.37. The van der Waals surface area contributed by atoms with Crippen molar-refractivity contribution in [3.63, 3.8) is 0 Å². The molecule has 2 atom stereocenters. The summed E-state index contributed by atoms with van der Waals surface area (Å²) in [5, 5.41) is 2.67. The van der Waals surface area contributed by atoms with E-state index in [-0.39, 0.29) is 11.7 Å². The maximum atomic E-state index is 12.3. The number of halogens is 2. The highest BCUT2D eigenvalue weighted by atomic mass is 19.3. The second-order valence-electron chi connectivity index (χ2n) is 4.16. The fourth-order valence-electron chi connectivity index (χ4n) is 1.63. The molecule has 0 saturated heterocycles. The normalized spacial score (nSPS) is 14.0. The van der Waals surface area contributed by atoms with Crippen LogP contribution in [-0.4, -0.2) is 18.6 Å². The van der Waals surface area contributed by atoms with E-state index < -0.39 is 18.7 Å². The molecule has 4 nitrogen and oxygen atoms in total. The molecule has 2 unspecified atom stereocenters. The van der Waals surface area contributed by atoms with Crippen LogP contribution in [0.4, 0.5) is 8.78 Å². The van der Waals surface area contributed by atoms with Crippen LogP contribution in [0.25, 0.3) is 0 Å². The third kappa shape index (κ3) is 4.48. The van der Waals surface area contributed by atoms with Gasteiger partial charge in [0.25, 0.3) is 0 Å². The van der Waals surface area contributed by atoms with E-state index in [9.17, 15) is 13.6 Å². The number of amides is 1. The molecule has 6 heteroatoms. The summed E-state index contributed by atoms with van der Waals surface area (Å²) in [5.41, 5.74) is 6.08. The molecular weight excluding hydrogens is 254 g/mol. The minimum absolute atomic E-state index is 0.0513. The molecule has 19 heavy (non-hydrogen) atoms. The highest BCUT2D eigenvalue weighted by Gasteiger charge is 2.18. The van der Waals surface area contributed by atoms with Crippen molar-refractivity contribution in [1.29, 1.82) is 0 Å². The van der Waals surface area contributed by atoms with E-state index in [1.54, 1.807) is 32.0 Å². The van der Waals surface area contributed by atoms with Gasteiger partial charge in [0, 0.05) is 5.56 Å². The number of ether oxygens (including phenoxy) is 1. The lowest BCUT2D eigenvalue weighted by atomic mass is 10.1. The summed E-state index contributed by atoms with van der Waals surface area (Å²) in [7, 11) is 0. The number of para-hydroxylation sites is 1. The van der Waals surface area contributed by atoms with Crippen molar-refractivity contribution in [3.8, 4) is 5.75 Å². The smallest absolute Gasteiger partial charge is 0.387 e. The van der Waals surface area contributed by atoms with Gasteiger partial charge < -0.3 is 15.8 Å². The highest BCUT2D eigenvalue weighted by Crippen LogP contribution is 2.26. The van der Waals surface area contributed by atoms with Gasteiger partial charge in [-0.25, -0.2) is 0 Å². The number of benzene rings is 1. The van der Waals surface area contributed by atoms with Crippen LogP contribution in [0.2, 0.25) is 0 Å². The molecule has 106 valence electrons. The van der Waals surface area contributed by atoms with Gasteiger partial charge in [-0.2, -0.15) is 8.78 Å². The number of hydrogen-bond donors (Lipinski definition) is 2. The van der Waals surface area contributed by atoms with E-state index in [2.05, 4.69) is 10.1 Å². The summed E-state index contributed by atoms with van der Waals surface area (Å²) >= 11 is 0. The van der Waals surface area contributed by atoms with Crippen LogP contribution in [-0.2, 0) is 4.79 Å². The van der Waals surface area contributed by atoms with Crippen LogP contribution in [0, 0.1) is 0 Å². The fourth-order valence-corrected chi connectivity index (χ4v) is 1.63. The van der Waals surface area contributed by atoms with Gasteiger partial charge in [-0.05, 0) is 19.4 Å². The van der Waals surface area contributed by atoms with Gasteiger partial charge in [0.2, 0.25) is 5.91 Å². The van der Waals surface area contributed by atoms with Crippen molar-refractivity contribution in [2.75, 3.05) is 0 Å². The molecule has 0 radical (unpaired) electrons. The zero-order valence-corrected chi connectivity index (χ0v) is 10.9. The largest absolute Gasteiger partial charge is 0.434 e. The molecule has 0 saturated carbocycles. The van der Waals surface area contributed by atoms with Crippen molar-refractivity contribution in [3.05, 3.63) is 29.8 Å². The first kappa shape index (κ1) is 15.4. The Morgan fingerprint density at radius 2 is 2.05 bits per heavy atom. The van der Waals surface area contributed by atoms with Crippen LogP contribution in [0.1, 0.15) is 31.9 Å². The van der Waals surface area contributed by atoms with E-state index in [4.69, 9.17) is 5.73 Å². The van der Waals surface area contributed by atoms with Gasteiger partial charge >= 0.3 is 6.61 Å². The van der Waals surface area contributed by atoms with Crippen LogP contribution in [0.3, 0.4) is 0 Å². The third-order valence-corrected chi connectivity index (χ3v) is 2.74. The molecule has 0 aliphatic carbocycles. The standard InChI is InChI=1S/C13H18F2N2O2/c1-3-10(16)12(18)17-8(2)9-6-4-5-7-11(9)19-13(14)15/h4-8,10,13H,3,16H2,1-2H3,(H,17,18). The molecule has 1 amide bonds. The predicted octanol–water partition coefficient (Wildman–Crippen LogP) is 2.20. The Labute approximate surface area is 110 Å². The van der Waals surface area contributed by atoms with Gasteiger partial charge in [-0.15, -0.1) is 0 Å². The van der Waals surface area contributed by atoms with Gasteiger partial charge in [0.05, 0.1) is 12.1 Å².